The molecule has 0 saturated heterocycles. The zero-order chi connectivity index (χ0) is 21.8. The monoisotopic (exact) mass is 429 g/mol. The van der Waals surface area contributed by atoms with Crippen LogP contribution in [0.4, 0.5) is 13.2 Å². The predicted octanol–water partition coefficient (Wildman–Crippen LogP) is 5.35. The molecule has 2 aromatic carbocycles. The lowest BCUT2D eigenvalue weighted by molar-refractivity contribution is -0.137. The van der Waals surface area contributed by atoms with Crippen molar-refractivity contribution in [3.05, 3.63) is 74.1 Å². The van der Waals surface area contributed by atoms with Crippen molar-refractivity contribution in [1.82, 2.24) is 4.90 Å². The molecule has 0 saturated carbocycles. The van der Waals surface area contributed by atoms with Gasteiger partial charge in [0, 0.05) is 35.2 Å². The second-order valence-electron chi connectivity index (χ2n) is 8.38. The summed E-state index contributed by atoms with van der Waals surface area (Å²) in [7, 11) is 0. The summed E-state index contributed by atoms with van der Waals surface area (Å²) in [5.74, 6) is 0.701. The molecule has 4 nitrogen and oxygen atoms in total. The maximum absolute atomic E-state index is 13.0. The smallest absolute Gasteiger partial charge is 0.416 e. The van der Waals surface area contributed by atoms with Crippen LogP contribution in [0, 0.1) is 6.92 Å². The van der Waals surface area contributed by atoms with Gasteiger partial charge >= 0.3 is 11.8 Å². The van der Waals surface area contributed by atoms with Gasteiger partial charge in [0.25, 0.3) is 0 Å². The molecule has 1 aliphatic heterocycles. The molecule has 0 atom stereocenters. The number of rotatable bonds is 2. The van der Waals surface area contributed by atoms with Gasteiger partial charge in [-0.2, -0.15) is 13.2 Å². The lowest BCUT2D eigenvalue weighted by atomic mass is 9.89. The molecule has 0 fully saturated rings. The highest BCUT2D eigenvalue weighted by Gasteiger charge is 2.31. The van der Waals surface area contributed by atoms with Gasteiger partial charge in [-0.15, -0.1) is 0 Å². The van der Waals surface area contributed by atoms with Gasteiger partial charge in [-0.05, 0) is 55.9 Å². The van der Waals surface area contributed by atoms with E-state index in [0.29, 0.717) is 30.0 Å². The highest BCUT2D eigenvalue weighted by Crippen LogP contribution is 2.38. The number of aryl methyl sites for hydroxylation is 2. The third-order valence-corrected chi connectivity index (χ3v) is 6.22. The summed E-state index contributed by atoms with van der Waals surface area (Å²) in [6, 6.07) is 7.43. The lowest BCUT2D eigenvalue weighted by Gasteiger charge is -2.31. The average Bonchev–Trinajstić information content (AvgIpc) is 2.75. The molecule has 3 aromatic rings. The Bertz CT molecular complexity index is 1230. The molecular formula is C24H22F3NO3. The van der Waals surface area contributed by atoms with Crippen molar-refractivity contribution in [3.8, 4) is 5.75 Å². The summed E-state index contributed by atoms with van der Waals surface area (Å²) in [5.41, 5.74) is 3.87. The maximum atomic E-state index is 13.0. The van der Waals surface area contributed by atoms with Crippen LogP contribution >= 0.6 is 0 Å². The highest BCUT2D eigenvalue weighted by molar-refractivity contribution is 5.87. The van der Waals surface area contributed by atoms with E-state index in [4.69, 9.17) is 9.15 Å². The number of fused-ring (bicyclic) bond motifs is 4. The summed E-state index contributed by atoms with van der Waals surface area (Å²) < 4.78 is 50.7. The fraction of sp³-hybridized carbons (Fsp3) is 0.375. The van der Waals surface area contributed by atoms with Crippen molar-refractivity contribution < 1.29 is 22.3 Å². The molecule has 7 heteroatoms. The Labute approximate surface area is 177 Å². The molecule has 162 valence electrons. The molecule has 0 spiro atoms. The molecule has 0 N–H and O–H groups in total. The van der Waals surface area contributed by atoms with Crippen LogP contribution < -0.4 is 10.4 Å². The number of halogens is 3. The van der Waals surface area contributed by atoms with E-state index in [0.717, 1.165) is 59.4 Å². The summed E-state index contributed by atoms with van der Waals surface area (Å²) in [4.78, 5) is 14.4. The van der Waals surface area contributed by atoms with Crippen LogP contribution in [0.1, 0.15) is 46.2 Å². The lowest BCUT2D eigenvalue weighted by Crippen LogP contribution is -2.32. The molecule has 5 rings (SSSR count). The van der Waals surface area contributed by atoms with Gasteiger partial charge in [0.05, 0.1) is 5.56 Å². The minimum atomic E-state index is -4.36. The minimum absolute atomic E-state index is 0.255. The van der Waals surface area contributed by atoms with Gasteiger partial charge in [-0.1, -0.05) is 18.2 Å². The quantitative estimate of drug-likeness (QED) is 0.515. The molecule has 0 amide bonds. The Morgan fingerprint density at radius 3 is 2.65 bits per heavy atom. The largest absolute Gasteiger partial charge is 0.477 e. The summed E-state index contributed by atoms with van der Waals surface area (Å²) in [6.45, 7) is 3.05. The fourth-order valence-electron chi connectivity index (χ4n) is 4.76. The number of hydrogen-bond acceptors (Lipinski definition) is 4. The third kappa shape index (κ3) is 3.61. The van der Waals surface area contributed by atoms with Gasteiger partial charge in [-0.3, -0.25) is 4.90 Å². The molecule has 31 heavy (non-hydrogen) atoms. The zero-order valence-electron chi connectivity index (χ0n) is 17.1. The topological polar surface area (TPSA) is 42.7 Å². The van der Waals surface area contributed by atoms with Crippen molar-refractivity contribution in [1.29, 1.82) is 0 Å². The van der Waals surface area contributed by atoms with E-state index < -0.39 is 11.7 Å². The van der Waals surface area contributed by atoms with Crippen LogP contribution in [0.3, 0.4) is 0 Å². The molecule has 0 bridgehead atoms. The summed E-state index contributed by atoms with van der Waals surface area (Å²) in [6.07, 6.45) is -0.743. The standard InChI is InChI=1S/C24H22F3NO3/c1-14-21-16(10-20-18-7-2-3-8-19(18)23(29)31-22(14)20)12-28(13-30-21)11-15-5-4-6-17(9-15)24(25,26)27/h4-6,9-10H,2-3,7-8,11-13H2,1H3. The van der Waals surface area contributed by atoms with Gasteiger partial charge in [-0.25, -0.2) is 4.79 Å². The van der Waals surface area contributed by atoms with E-state index in [9.17, 15) is 18.0 Å². The maximum Gasteiger partial charge on any atom is 0.416 e. The Morgan fingerprint density at radius 1 is 1.10 bits per heavy atom. The van der Waals surface area contributed by atoms with Crippen LogP contribution in [-0.2, 0) is 32.1 Å². The molecule has 1 aliphatic carbocycles. The van der Waals surface area contributed by atoms with Crippen molar-refractivity contribution in [3.63, 3.8) is 0 Å². The molecule has 0 radical (unpaired) electrons. The van der Waals surface area contributed by atoms with Crippen LogP contribution in [0.5, 0.6) is 5.75 Å². The van der Waals surface area contributed by atoms with E-state index in [2.05, 4.69) is 0 Å². The first-order chi connectivity index (χ1) is 14.8. The Kier molecular flexibility index (Phi) is 4.81. The molecule has 0 unspecified atom stereocenters. The summed E-state index contributed by atoms with van der Waals surface area (Å²) >= 11 is 0. The third-order valence-electron chi connectivity index (χ3n) is 6.22. The van der Waals surface area contributed by atoms with Crippen molar-refractivity contribution in [2.75, 3.05) is 6.73 Å². The van der Waals surface area contributed by atoms with E-state index in [-0.39, 0.29) is 12.4 Å². The normalized spacial score (nSPS) is 16.6. The SMILES string of the molecule is Cc1c2c(cc3c4c(c(=O)oc13)CCCC4)CN(Cc1cccc(C(F)(F)F)c1)CO2. The van der Waals surface area contributed by atoms with Crippen molar-refractivity contribution >= 4 is 11.0 Å². The van der Waals surface area contributed by atoms with E-state index >= 15 is 0 Å². The minimum Gasteiger partial charge on any atom is -0.477 e. The van der Waals surface area contributed by atoms with Gasteiger partial charge in [0.1, 0.15) is 18.1 Å². The van der Waals surface area contributed by atoms with Crippen molar-refractivity contribution in [2.24, 2.45) is 0 Å². The predicted molar refractivity (Wildman–Crippen MR) is 110 cm³/mol. The summed E-state index contributed by atoms with van der Waals surface area (Å²) in [5, 5.41) is 0.954. The van der Waals surface area contributed by atoms with E-state index in [1.807, 2.05) is 17.9 Å². The van der Waals surface area contributed by atoms with Crippen LogP contribution in [0.15, 0.2) is 39.5 Å². The number of ether oxygens (including phenoxy) is 1. The Morgan fingerprint density at radius 2 is 1.87 bits per heavy atom. The van der Waals surface area contributed by atoms with E-state index in [1.54, 1.807) is 6.07 Å². The Hall–Kier alpha value is -2.80. The average molecular weight is 429 g/mol. The molecule has 1 aromatic heterocycles. The van der Waals surface area contributed by atoms with Crippen LogP contribution in [0.25, 0.3) is 11.0 Å². The fourth-order valence-corrected chi connectivity index (χ4v) is 4.76. The molecule has 2 aliphatic rings. The second kappa shape index (κ2) is 7.41. The first-order valence-electron chi connectivity index (χ1n) is 10.4. The highest BCUT2D eigenvalue weighted by atomic mass is 19.4. The Balaban J connectivity index is 1.49. The first kappa shape index (κ1) is 20.1. The van der Waals surface area contributed by atoms with Gasteiger partial charge < -0.3 is 9.15 Å². The van der Waals surface area contributed by atoms with Gasteiger partial charge in [0.2, 0.25) is 0 Å². The van der Waals surface area contributed by atoms with Crippen LogP contribution in [-0.4, -0.2) is 11.6 Å². The number of benzene rings is 2. The number of alkyl halides is 3. The molecule has 2 heterocycles. The van der Waals surface area contributed by atoms with Crippen molar-refractivity contribution in [2.45, 2.75) is 51.9 Å². The zero-order valence-corrected chi connectivity index (χ0v) is 17.1. The number of hydrogen-bond donors (Lipinski definition) is 0. The van der Waals surface area contributed by atoms with E-state index in [1.165, 1.54) is 12.1 Å². The van der Waals surface area contributed by atoms with Gasteiger partial charge in [0.15, 0.2) is 0 Å². The molecular weight excluding hydrogens is 407 g/mol. The van der Waals surface area contributed by atoms with Crippen LogP contribution in [0.2, 0.25) is 0 Å². The first-order valence-corrected chi connectivity index (χ1v) is 10.4. The number of nitrogens with zero attached hydrogens (tertiary/aromatic N) is 1. The second-order valence-corrected chi connectivity index (χ2v) is 8.38.